The van der Waals surface area contributed by atoms with Gasteiger partial charge in [-0.1, -0.05) is 39.3 Å². The molecule has 0 fully saturated rings. The maximum absolute atomic E-state index is 9.36. The van der Waals surface area contributed by atoms with E-state index in [0.717, 1.165) is 10.0 Å². The molecule has 0 radical (unpaired) electrons. The van der Waals surface area contributed by atoms with Crippen molar-refractivity contribution < 1.29 is 9.63 Å². The summed E-state index contributed by atoms with van der Waals surface area (Å²) in [6.45, 7) is 1.59. The zero-order chi connectivity index (χ0) is 13.1. The number of nitrogens with two attached hydrogens (primary N) is 1. The lowest BCUT2D eigenvalue weighted by Crippen LogP contribution is -2.23. The predicted octanol–water partition coefficient (Wildman–Crippen LogP) is 1.80. The van der Waals surface area contributed by atoms with Crippen LogP contribution in [0.25, 0.3) is 0 Å². The second-order valence-electron chi connectivity index (χ2n) is 4.08. The standard InChI is InChI=1S/C12H14BrN3O2/c1-7(17)11(14)12-15-10(16-18-12)6-8-4-2-3-5-9(8)13/h2-5,7,11,17H,6,14H2,1H3/t7-,11+/m1/s1. The van der Waals surface area contributed by atoms with Crippen molar-refractivity contribution in [1.29, 1.82) is 0 Å². The maximum atomic E-state index is 9.36. The summed E-state index contributed by atoms with van der Waals surface area (Å²) in [4.78, 5) is 4.18. The summed E-state index contributed by atoms with van der Waals surface area (Å²) in [6.07, 6.45) is -0.168. The molecule has 2 aromatic rings. The average molecular weight is 312 g/mol. The molecule has 1 aromatic carbocycles. The first-order valence-corrected chi connectivity index (χ1v) is 6.36. The van der Waals surface area contributed by atoms with Crippen LogP contribution in [0.2, 0.25) is 0 Å². The monoisotopic (exact) mass is 311 g/mol. The van der Waals surface area contributed by atoms with Crippen molar-refractivity contribution in [3.8, 4) is 0 Å². The molecule has 0 aliphatic heterocycles. The number of aliphatic hydroxyl groups excluding tert-OH is 1. The molecule has 6 heteroatoms. The van der Waals surface area contributed by atoms with Gasteiger partial charge in [0.25, 0.3) is 0 Å². The number of benzene rings is 1. The molecule has 96 valence electrons. The summed E-state index contributed by atoms with van der Waals surface area (Å²) in [5.74, 6) is 0.806. The Morgan fingerprint density at radius 3 is 2.83 bits per heavy atom. The highest BCUT2D eigenvalue weighted by Crippen LogP contribution is 2.19. The van der Waals surface area contributed by atoms with E-state index < -0.39 is 12.1 Å². The lowest BCUT2D eigenvalue weighted by molar-refractivity contribution is 0.146. The predicted molar refractivity (Wildman–Crippen MR) is 69.9 cm³/mol. The minimum Gasteiger partial charge on any atom is -0.391 e. The molecule has 3 N–H and O–H groups in total. The lowest BCUT2D eigenvalue weighted by atomic mass is 10.1. The van der Waals surface area contributed by atoms with Gasteiger partial charge in [0.2, 0.25) is 5.89 Å². The van der Waals surface area contributed by atoms with Crippen LogP contribution >= 0.6 is 15.9 Å². The third kappa shape index (κ3) is 2.95. The van der Waals surface area contributed by atoms with Crippen LogP contribution in [0.4, 0.5) is 0 Å². The molecule has 2 rings (SSSR count). The van der Waals surface area contributed by atoms with Gasteiger partial charge in [-0.2, -0.15) is 4.98 Å². The molecule has 0 bridgehead atoms. The van der Waals surface area contributed by atoms with Crippen LogP contribution in [0.5, 0.6) is 0 Å². The Balaban J connectivity index is 2.14. The Hall–Kier alpha value is -1.24. The van der Waals surface area contributed by atoms with E-state index in [1.165, 1.54) is 0 Å². The molecule has 0 amide bonds. The molecule has 1 heterocycles. The van der Waals surface area contributed by atoms with Crippen molar-refractivity contribution in [3.05, 3.63) is 46.0 Å². The summed E-state index contributed by atoms with van der Waals surface area (Å²) in [5.41, 5.74) is 6.78. The first kappa shape index (κ1) is 13.2. The van der Waals surface area contributed by atoms with Gasteiger partial charge in [0, 0.05) is 10.9 Å². The van der Waals surface area contributed by atoms with Crippen molar-refractivity contribution in [2.45, 2.75) is 25.5 Å². The molecular weight excluding hydrogens is 298 g/mol. The molecule has 0 aliphatic rings. The molecule has 0 unspecified atom stereocenters. The van der Waals surface area contributed by atoms with Crippen LogP contribution in [0, 0.1) is 0 Å². The Morgan fingerprint density at radius 2 is 2.17 bits per heavy atom. The zero-order valence-electron chi connectivity index (χ0n) is 9.88. The number of nitrogens with zero attached hydrogens (tertiary/aromatic N) is 2. The number of aliphatic hydroxyl groups is 1. The fourth-order valence-electron chi connectivity index (χ4n) is 1.49. The second-order valence-corrected chi connectivity index (χ2v) is 4.94. The minimum atomic E-state index is -0.721. The van der Waals surface area contributed by atoms with Gasteiger partial charge in [-0.25, -0.2) is 0 Å². The largest absolute Gasteiger partial charge is 0.391 e. The van der Waals surface area contributed by atoms with Gasteiger partial charge in [-0.15, -0.1) is 0 Å². The smallest absolute Gasteiger partial charge is 0.246 e. The van der Waals surface area contributed by atoms with Crippen LogP contribution in [0.3, 0.4) is 0 Å². The fraction of sp³-hybridized carbons (Fsp3) is 0.333. The number of aromatic nitrogens is 2. The molecule has 0 saturated carbocycles. The number of hydrogen-bond acceptors (Lipinski definition) is 5. The Morgan fingerprint density at radius 1 is 1.44 bits per heavy atom. The third-order valence-electron chi connectivity index (χ3n) is 2.60. The molecule has 0 saturated heterocycles. The van der Waals surface area contributed by atoms with E-state index in [0.29, 0.717) is 12.2 Å². The lowest BCUT2D eigenvalue weighted by Gasteiger charge is -2.08. The number of halogens is 1. The van der Waals surface area contributed by atoms with Gasteiger partial charge in [-0.3, -0.25) is 0 Å². The first-order chi connectivity index (χ1) is 8.58. The third-order valence-corrected chi connectivity index (χ3v) is 3.37. The molecule has 2 atom stereocenters. The van der Waals surface area contributed by atoms with Gasteiger partial charge in [0.1, 0.15) is 6.04 Å². The molecular formula is C12H14BrN3O2. The summed E-state index contributed by atoms with van der Waals surface area (Å²) in [5, 5.41) is 13.2. The van der Waals surface area contributed by atoms with Crippen LogP contribution in [-0.4, -0.2) is 21.4 Å². The molecule has 18 heavy (non-hydrogen) atoms. The maximum Gasteiger partial charge on any atom is 0.246 e. The Kier molecular flexibility index (Phi) is 4.11. The highest BCUT2D eigenvalue weighted by Gasteiger charge is 2.19. The number of rotatable bonds is 4. The van der Waals surface area contributed by atoms with Gasteiger partial charge < -0.3 is 15.4 Å². The zero-order valence-corrected chi connectivity index (χ0v) is 11.5. The average Bonchev–Trinajstić information content (AvgIpc) is 2.79. The van der Waals surface area contributed by atoms with Gasteiger partial charge in [0.15, 0.2) is 5.82 Å². The van der Waals surface area contributed by atoms with E-state index in [2.05, 4.69) is 26.1 Å². The Bertz CT molecular complexity index is 528. The molecule has 0 spiro atoms. The molecule has 0 aliphatic carbocycles. The summed E-state index contributed by atoms with van der Waals surface area (Å²) in [6, 6.07) is 7.18. The number of hydrogen-bond donors (Lipinski definition) is 2. The SMILES string of the molecule is C[C@@H](O)[C@H](N)c1nc(Cc2ccccc2Br)no1. The van der Waals surface area contributed by atoms with E-state index in [9.17, 15) is 5.11 Å². The van der Waals surface area contributed by atoms with E-state index in [-0.39, 0.29) is 5.89 Å². The summed E-state index contributed by atoms with van der Waals surface area (Å²) < 4.78 is 6.03. The minimum absolute atomic E-state index is 0.257. The van der Waals surface area contributed by atoms with E-state index >= 15 is 0 Å². The van der Waals surface area contributed by atoms with E-state index in [4.69, 9.17) is 10.3 Å². The Labute approximate surface area is 113 Å². The van der Waals surface area contributed by atoms with Crippen LogP contribution in [-0.2, 0) is 6.42 Å². The van der Waals surface area contributed by atoms with Crippen LogP contribution < -0.4 is 5.73 Å². The highest BCUT2D eigenvalue weighted by atomic mass is 79.9. The van der Waals surface area contributed by atoms with Crippen LogP contribution in [0.1, 0.15) is 30.2 Å². The van der Waals surface area contributed by atoms with Gasteiger partial charge >= 0.3 is 0 Å². The van der Waals surface area contributed by atoms with Gasteiger partial charge in [0.05, 0.1) is 6.10 Å². The normalized spacial score (nSPS) is 14.4. The molecule has 5 nitrogen and oxygen atoms in total. The fourth-order valence-corrected chi connectivity index (χ4v) is 1.92. The second kappa shape index (κ2) is 5.60. The summed E-state index contributed by atoms with van der Waals surface area (Å²) in [7, 11) is 0. The molecule has 1 aromatic heterocycles. The van der Waals surface area contributed by atoms with Crippen molar-refractivity contribution in [1.82, 2.24) is 10.1 Å². The van der Waals surface area contributed by atoms with Crippen LogP contribution in [0.15, 0.2) is 33.3 Å². The van der Waals surface area contributed by atoms with E-state index in [1.54, 1.807) is 6.92 Å². The summed E-state index contributed by atoms with van der Waals surface area (Å²) >= 11 is 3.46. The topological polar surface area (TPSA) is 85.2 Å². The first-order valence-electron chi connectivity index (χ1n) is 5.57. The quantitative estimate of drug-likeness (QED) is 0.899. The van der Waals surface area contributed by atoms with Crippen molar-refractivity contribution in [2.24, 2.45) is 5.73 Å². The van der Waals surface area contributed by atoms with Crippen molar-refractivity contribution in [3.63, 3.8) is 0 Å². The van der Waals surface area contributed by atoms with Crippen molar-refractivity contribution in [2.75, 3.05) is 0 Å². The van der Waals surface area contributed by atoms with E-state index in [1.807, 2.05) is 24.3 Å². The highest BCUT2D eigenvalue weighted by molar-refractivity contribution is 9.10. The van der Waals surface area contributed by atoms with Gasteiger partial charge in [-0.05, 0) is 18.6 Å². The van der Waals surface area contributed by atoms with Crippen molar-refractivity contribution >= 4 is 15.9 Å².